The van der Waals surface area contributed by atoms with Crippen molar-refractivity contribution in [1.82, 2.24) is 4.98 Å². The van der Waals surface area contributed by atoms with E-state index in [1.54, 1.807) is 0 Å². The Kier molecular flexibility index (Phi) is 5.27. The molecule has 1 fully saturated rings. The molecule has 1 aliphatic heterocycles. The molecule has 5 atom stereocenters. The number of benzene rings is 1. The Bertz CT molecular complexity index is 1170. The average Bonchev–Trinajstić information content (AvgIpc) is 3.17. The second-order valence-electron chi connectivity index (χ2n) is 6.04. The van der Waals surface area contributed by atoms with Crippen LogP contribution in [0.1, 0.15) is 11.0 Å². The summed E-state index contributed by atoms with van der Waals surface area (Å²) in [6.07, 6.45) is -5.24. The maximum absolute atomic E-state index is 11.0. The van der Waals surface area contributed by atoms with Gasteiger partial charge in [-0.3, -0.25) is 4.55 Å². The monoisotopic (exact) mass is 452 g/mol. The Morgan fingerprint density at radius 3 is 2.69 bits per heavy atom. The van der Waals surface area contributed by atoms with Gasteiger partial charge in [-0.25, -0.2) is 4.28 Å². The summed E-state index contributed by atoms with van der Waals surface area (Å²) in [5.41, 5.74) is -1.03. The molecule has 6 N–H and O–H groups in total. The van der Waals surface area contributed by atoms with Crippen molar-refractivity contribution in [1.29, 1.82) is 0 Å². The maximum Gasteiger partial charge on any atom is 0.466 e. The minimum Gasteiger partial charge on any atom is -0.394 e. The van der Waals surface area contributed by atoms with E-state index in [9.17, 15) is 28.8 Å². The number of H-pyrrole nitrogens is 1. The number of nitrogens with zero attached hydrogens (tertiary/aromatic N) is 1. The predicted octanol–water partition coefficient (Wildman–Crippen LogP) is -0.624. The SMILES string of the molecule is [2H]c1c([2H])c([2H])c2c(C/C(=N/OS(=O)(=O)O)S[C@@H]3O[C@H](CO)[C@@H](O)[C@H](O)[C@H]3O)c[nH]c2c1[2H]. The molecular weight excluding hydrogens is 428 g/mol. The second-order valence-corrected chi connectivity index (χ2v) is 8.22. The van der Waals surface area contributed by atoms with Crippen LogP contribution >= 0.6 is 11.8 Å². The molecule has 1 aromatic heterocycles. The van der Waals surface area contributed by atoms with Crippen LogP contribution < -0.4 is 0 Å². The molecule has 29 heavy (non-hydrogen) atoms. The third-order valence-electron chi connectivity index (χ3n) is 4.07. The van der Waals surface area contributed by atoms with E-state index < -0.39 is 58.9 Å². The fourth-order valence-electron chi connectivity index (χ4n) is 2.68. The number of fused-ring (bicyclic) bond motifs is 1. The lowest BCUT2D eigenvalue weighted by Crippen LogP contribution is -2.57. The predicted molar refractivity (Wildman–Crippen MR) is 103 cm³/mol. The Labute approximate surface area is 175 Å². The molecule has 1 aliphatic rings. The van der Waals surface area contributed by atoms with Crippen molar-refractivity contribution in [2.24, 2.45) is 5.16 Å². The number of ether oxygens (including phenoxy) is 1. The van der Waals surface area contributed by atoms with Crippen molar-refractivity contribution in [2.75, 3.05) is 6.61 Å². The molecule has 0 radical (unpaired) electrons. The summed E-state index contributed by atoms with van der Waals surface area (Å²) >= 11 is 0.553. The first-order valence-corrected chi connectivity index (χ1v) is 10.4. The number of aliphatic hydroxyl groups excluding tert-OH is 4. The van der Waals surface area contributed by atoms with E-state index in [1.165, 1.54) is 6.20 Å². The first-order chi connectivity index (χ1) is 15.4. The van der Waals surface area contributed by atoms with Crippen LogP contribution in [0.25, 0.3) is 10.9 Å². The number of aliphatic hydroxyl groups is 4. The largest absolute Gasteiger partial charge is 0.466 e. The zero-order valence-corrected chi connectivity index (χ0v) is 16.1. The Balaban J connectivity index is 1.98. The zero-order chi connectivity index (χ0) is 24.7. The van der Waals surface area contributed by atoms with Crippen LogP contribution in [0.5, 0.6) is 0 Å². The molecule has 0 aliphatic carbocycles. The van der Waals surface area contributed by atoms with Gasteiger partial charge in [-0.1, -0.05) is 35.0 Å². The van der Waals surface area contributed by atoms with Gasteiger partial charge in [0.25, 0.3) is 0 Å². The summed E-state index contributed by atoms with van der Waals surface area (Å²) in [7, 11) is -5.02. The van der Waals surface area contributed by atoms with Crippen molar-refractivity contribution in [2.45, 2.75) is 36.3 Å². The first-order valence-electron chi connectivity index (χ1n) is 10.1. The molecule has 0 bridgehead atoms. The first kappa shape index (κ1) is 17.0. The van der Waals surface area contributed by atoms with E-state index in [0.717, 1.165) is 0 Å². The molecule has 0 saturated carbocycles. The second kappa shape index (κ2) is 8.97. The Hall–Kier alpha value is -1.71. The number of nitrogens with one attached hydrogen (secondary N) is 1. The number of aromatic nitrogens is 1. The van der Waals surface area contributed by atoms with E-state index >= 15 is 0 Å². The van der Waals surface area contributed by atoms with Gasteiger partial charge in [-0.05, 0) is 11.6 Å². The zero-order valence-electron chi connectivity index (χ0n) is 18.5. The molecule has 2 heterocycles. The molecule has 0 unspecified atom stereocenters. The smallest absolute Gasteiger partial charge is 0.394 e. The molecule has 13 heteroatoms. The highest BCUT2D eigenvalue weighted by Crippen LogP contribution is 2.31. The van der Waals surface area contributed by atoms with Gasteiger partial charge in [0.1, 0.15) is 34.9 Å². The van der Waals surface area contributed by atoms with Crippen LogP contribution in [-0.2, 0) is 25.8 Å². The van der Waals surface area contributed by atoms with Gasteiger partial charge in [0.2, 0.25) is 0 Å². The number of thioether (sulfide) groups is 1. The minimum absolute atomic E-state index is 0.0869. The highest BCUT2D eigenvalue weighted by atomic mass is 32.3. The van der Waals surface area contributed by atoms with Crippen LogP contribution in [0, 0.1) is 0 Å². The average molecular weight is 452 g/mol. The molecule has 2 aromatic rings. The van der Waals surface area contributed by atoms with Crippen LogP contribution in [0.2, 0.25) is 0 Å². The lowest BCUT2D eigenvalue weighted by atomic mass is 10.0. The van der Waals surface area contributed by atoms with E-state index in [-0.39, 0.29) is 40.0 Å². The molecular formula is C16H20N2O9S2. The Morgan fingerprint density at radius 2 is 2.00 bits per heavy atom. The molecule has 1 saturated heterocycles. The summed E-state index contributed by atoms with van der Waals surface area (Å²) in [6.45, 7) is -0.700. The van der Waals surface area contributed by atoms with Crippen molar-refractivity contribution in [3.63, 3.8) is 0 Å². The van der Waals surface area contributed by atoms with Crippen molar-refractivity contribution >= 4 is 38.1 Å². The number of rotatable bonds is 6. The lowest BCUT2D eigenvalue weighted by molar-refractivity contribution is -0.205. The van der Waals surface area contributed by atoms with Gasteiger partial charge in [-0.2, -0.15) is 8.42 Å². The van der Waals surface area contributed by atoms with Crippen molar-refractivity contribution < 1.29 is 47.9 Å². The molecule has 1 aromatic carbocycles. The number of oxime groups is 1. The number of aromatic amines is 1. The summed E-state index contributed by atoms with van der Waals surface area (Å²) in [6, 6.07) is -1.65. The number of hydrogen-bond donors (Lipinski definition) is 6. The van der Waals surface area contributed by atoms with Crippen LogP contribution in [0.3, 0.4) is 0 Å². The van der Waals surface area contributed by atoms with Crippen molar-refractivity contribution in [3.8, 4) is 0 Å². The molecule has 0 amide bonds. The highest BCUT2D eigenvalue weighted by molar-refractivity contribution is 8.14. The highest BCUT2D eigenvalue weighted by Gasteiger charge is 2.44. The van der Waals surface area contributed by atoms with E-state index in [0.29, 0.717) is 11.8 Å². The normalized spacial score (nSPS) is 30.5. The third-order valence-corrected chi connectivity index (χ3v) is 5.45. The summed E-state index contributed by atoms with van der Waals surface area (Å²) < 4.78 is 72.0. The summed E-state index contributed by atoms with van der Waals surface area (Å²) in [4.78, 5) is 2.71. The van der Waals surface area contributed by atoms with Gasteiger partial charge in [-0.15, -0.1) is 0 Å². The van der Waals surface area contributed by atoms with Gasteiger partial charge in [0, 0.05) is 23.5 Å². The molecule has 3 rings (SSSR count). The fourth-order valence-corrected chi connectivity index (χ4v) is 4.00. The van der Waals surface area contributed by atoms with Crippen LogP contribution in [0.15, 0.2) is 35.5 Å². The van der Waals surface area contributed by atoms with Crippen LogP contribution in [-0.4, -0.2) is 79.9 Å². The summed E-state index contributed by atoms with van der Waals surface area (Å²) in [5, 5.41) is 42.6. The summed E-state index contributed by atoms with van der Waals surface area (Å²) in [5.74, 6) is 0. The maximum atomic E-state index is 11.0. The number of hydrogen-bond acceptors (Lipinski definition) is 10. The van der Waals surface area contributed by atoms with Crippen molar-refractivity contribution in [3.05, 3.63) is 35.9 Å². The molecule has 160 valence electrons. The fraction of sp³-hybridized carbons (Fsp3) is 0.438. The molecule has 11 nitrogen and oxygen atoms in total. The third kappa shape index (κ3) is 5.26. The number of para-hydroxylation sites is 1. The Morgan fingerprint density at radius 1 is 1.28 bits per heavy atom. The van der Waals surface area contributed by atoms with Gasteiger partial charge in [0.05, 0.1) is 12.1 Å². The lowest BCUT2D eigenvalue weighted by Gasteiger charge is -2.39. The minimum atomic E-state index is -5.02. The van der Waals surface area contributed by atoms with Gasteiger partial charge < -0.3 is 30.1 Å². The van der Waals surface area contributed by atoms with Gasteiger partial charge in [0.15, 0.2) is 0 Å². The van der Waals surface area contributed by atoms with E-state index in [2.05, 4.69) is 14.4 Å². The van der Waals surface area contributed by atoms with E-state index in [4.69, 9.17) is 14.8 Å². The van der Waals surface area contributed by atoms with Crippen LogP contribution in [0.4, 0.5) is 0 Å². The van der Waals surface area contributed by atoms with E-state index in [1.807, 2.05) is 0 Å². The quantitative estimate of drug-likeness (QED) is 0.143. The van der Waals surface area contributed by atoms with Gasteiger partial charge >= 0.3 is 10.4 Å². The molecule has 0 spiro atoms. The topological polar surface area (TPSA) is 182 Å². The standard InChI is InChI=1S/C16H20N2O9S2/c19-7-11-13(20)14(21)15(22)16(26-11)28-12(18-27-29(23,24)25)5-8-6-17-10-4-2-1-3-9(8)10/h1-4,6,11,13-17,19-22H,5,7H2,(H,23,24,25)/b18-12-/t11-,13-,14+,15-,16+/m1/s1/i1D,2D,3D,4D.